The van der Waals surface area contributed by atoms with Gasteiger partial charge in [0.1, 0.15) is 5.82 Å². The molecule has 7 heteroatoms. The maximum atomic E-state index is 12.1. The Bertz CT molecular complexity index is 606. The minimum atomic E-state index is -0.108. The monoisotopic (exact) mass is 389 g/mol. The highest BCUT2D eigenvalue weighted by atomic mass is 16.5. The third-order valence-electron chi connectivity index (χ3n) is 5.72. The number of carbonyl (C=O) groups is 1. The fraction of sp³-hybridized carbons (Fsp3) is 0.714. The zero-order valence-electron chi connectivity index (χ0n) is 17.2. The van der Waals surface area contributed by atoms with E-state index < -0.39 is 0 Å². The number of hydrogen-bond donors (Lipinski definition) is 2. The van der Waals surface area contributed by atoms with Crippen molar-refractivity contribution in [3.8, 4) is 0 Å². The number of likely N-dealkylation sites (tertiary alicyclic amines) is 1. The Kier molecular flexibility index (Phi) is 8.36. The van der Waals surface area contributed by atoms with E-state index in [1.54, 1.807) is 6.20 Å². The Labute approximate surface area is 168 Å². The van der Waals surface area contributed by atoms with Gasteiger partial charge < -0.3 is 25.2 Å². The number of rotatable bonds is 8. The van der Waals surface area contributed by atoms with Gasteiger partial charge >= 0.3 is 6.03 Å². The van der Waals surface area contributed by atoms with Crippen molar-refractivity contribution in [1.29, 1.82) is 0 Å². The molecule has 1 aromatic rings. The van der Waals surface area contributed by atoms with Crippen molar-refractivity contribution < 1.29 is 9.53 Å². The van der Waals surface area contributed by atoms with E-state index >= 15 is 0 Å². The summed E-state index contributed by atoms with van der Waals surface area (Å²) in [5, 5.41) is 5.95. The number of nitrogens with one attached hydrogen (secondary N) is 2. The van der Waals surface area contributed by atoms with E-state index in [0.29, 0.717) is 12.6 Å². The van der Waals surface area contributed by atoms with E-state index in [4.69, 9.17) is 4.74 Å². The van der Waals surface area contributed by atoms with Crippen LogP contribution in [0, 0.1) is 0 Å². The Morgan fingerprint density at radius 2 is 2.07 bits per heavy atom. The number of aromatic nitrogens is 1. The van der Waals surface area contributed by atoms with Crippen LogP contribution < -0.4 is 15.5 Å². The third-order valence-corrected chi connectivity index (χ3v) is 5.72. The third kappa shape index (κ3) is 6.34. The van der Waals surface area contributed by atoms with Gasteiger partial charge in [-0.3, -0.25) is 0 Å². The van der Waals surface area contributed by atoms with Gasteiger partial charge in [0.15, 0.2) is 0 Å². The van der Waals surface area contributed by atoms with Crippen LogP contribution in [-0.4, -0.2) is 67.9 Å². The molecule has 1 aromatic heterocycles. The van der Waals surface area contributed by atoms with Crippen LogP contribution in [0.5, 0.6) is 0 Å². The van der Waals surface area contributed by atoms with Gasteiger partial charge in [-0.05, 0) is 51.8 Å². The van der Waals surface area contributed by atoms with Gasteiger partial charge in [-0.15, -0.1) is 0 Å². The number of carbonyl (C=O) groups excluding carboxylic acids is 1. The van der Waals surface area contributed by atoms with E-state index in [0.717, 1.165) is 63.6 Å². The average molecular weight is 390 g/mol. The average Bonchev–Trinajstić information content (AvgIpc) is 2.74. The van der Waals surface area contributed by atoms with Crippen LogP contribution in [0.15, 0.2) is 18.3 Å². The van der Waals surface area contributed by atoms with Crippen LogP contribution in [0.4, 0.5) is 10.6 Å². The summed E-state index contributed by atoms with van der Waals surface area (Å²) in [6.07, 6.45) is 7.96. The summed E-state index contributed by atoms with van der Waals surface area (Å²) in [4.78, 5) is 21.5. The summed E-state index contributed by atoms with van der Waals surface area (Å²) in [6, 6.07) is 4.55. The molecule has 156 valence electrons. The van der Waals surface area contributed by atoms with Crippen LogP contribution in [0.3, 0.4) is 0 Å². The van der Waals surface area contributed by atoms with Crippen molar-refractivity contribution in [2.24, 2.45) is 0 Å². The molecule has 2 amide bonds. The highest BCUT2D eigenvalue weighted by Gasteiger charge is 2.17. The molecule has 0 spiro atoms. The summed E-state index contributed by atoms with van der Waals surface area (Å²) in [7, 11) is 0. The number of piperidine rings is 1. The lowest BCUT2D eigenvalue weighted by Gasteiger charge is -2.33. The second-order valence-corrected chi connectivity index (χ2v) is 7.78. The van der Waals surface area contributed by atoms with Crippen LogP contribution in [0.25, 0.3) is 0 Å². The SMILES string of the molecule is CC1CCCCN1CCCCNC(=O)NCc1cccnc1N1CCOCC1. The zero-order valence-corrected chi connectivity index (χ0v) is 17.2. The number of nitrogens with zero attached hydrogens (tertiary/aromatic N) is 3. The highest BCUT2D eigenvalue weighted by Crippen LogP contribution is 2.18. The number of anilines is 1. The van der Waals surface area contributed by atoms with Gasteiger partial charge in [-0.25, -0.2) is 9.78 Å². The van der Waals surface area contributed by atoms with Gasteiger partial charge in [0.25, 0.3) is 0 Å². The van der Waals surface area contributed by atoms with Crippen LogP contribution in [0.2, 0.25) is 0 Å². The van der Waals surface area contributed by atoms with Crippen molar-refractivity contribution in [2.45, 2.75) is 51.6 Å². The fourth-order valence-electron chi connectivity index (χ4n) is 4.00. The number of morpholine rings is 1. The molecule has 2 fully saturated rings. The molecule has 2 aliphatic rings. The number of pyridine rings is 1. The van der Waals surface area contributed by atoms with Gasteiger partial charge in [0.2, 0.25) is 0 Å². The van der Waals surface area contributed by atoms with E-state index in [-0.39, 0.29) is 6.03 Å². The predicted molar refractivity (Wildman–Crippen MR) is 112 cm³/mol. The maximum Gasteiger partial charge on any atom is 0.315 e. The first kappa shape index (κ1) is 20.9. The van der Waals surface area contributed by atoms with Gasteiger partial charge in [-0.1, -0.05) is 12.5 Å². The van der Waals surface area contributed by atoms with Crippen LogP contribution in [0.1, 0.15) is 44.6 Å². The molecule has 3 heterocycles. The van der Waals surface area contributed by atoms with Crippen molar-refractivity contribution in [3.63, 3.8) is 0 Å². The van der Waals surface area contributed by atoms with E-state index in [1.807, 2.05) is 12.1 Å². The van der Waals surface area contributed by atoms with E-state index in [1.165, 1.54) is 25.8 Å². The standard InChI is InChI=1S/C21H35N5O2/c1-18-7-2-4-11-25(18)12-5-3-9-23-21(27)24-17-19-8-6-10-22-20(19)26-13-15-28-16-14-26/h6,8,10,18H,2-5,7,9,11-17H2,1H3,(H2,23,24,27). The van der Waals surface area contributed by atoms with Crippen molar-refractivity contribution in [3.05, 3.63) is 23.9 Å². The quantitative estimate of drug-likeness (QED) is 0.668. The summed E-state index contributed by atoms with van der Waals surface area (Å²) < 4.78 is 5.42. The normalized spacial score (nSPS) is 20.8. The first-order valence-electron chi connectivity index (χ1n) is 10.8. The second-order valence-electron chi connectivity index (χ2n) is 7.78. The fourth-order valence-corrected chi connectivity index (χ4v) is 4.00. The molecule has 3 rings (SSSR count). The van der Waals surface area contributed by atoms with Gasteiger partial charge in [0, 0.05) is 44.0 Å². The number of amides is 2. The number of ether oxygens (including phenoxy) is 1. The summed E-state index contributed by atoms with van der Waals surface area (Å²) in [5.41, 5.74) is 1.04. The molecule has 1 atom stereocenters. The van der Waals surface area contributed by atoms with Crippen LogP contribution >= 0.6 is 0 Å². The Hall–Kier alpha value is -1.86. The second kappa shape index (κ2) is 11.2. The molecule has 0 aliphatic carbocycles. The maximum absolute atomic E-state index is 12.1. The molecule has 1 unspecified atom stereocenters. The molecule has 7 nitrogen and oxygen atoms in total. The topological polar surface area (TPSA) is 69.7 Å². The smallest absolute Gasteiger partial charge is 0.315 e. The summed E-state index contributed by atoms with van der Waals surface area (Å²) in [5.74, 6) is 0.946. The minimum Gasteiger partial charge on any atom is -0.378 e. The lowest BCUT2D eigenvalue weighted by atomic mass is 10.0. The molecule has 2 aliphatic heterocycles. The largest absolute Gasteiger partial charge is 0.378 e. The van der Waals surface area contributed by atoms with Crippen molar-refractivity contribution in [1.82, 2.24) is 20.5 Å². The van der Waals surface area contributed by atoms with Gasteiger partial charge in [0.05, 0.1) is 13.2 Å². The molecule has 28 heavy (non-hydrogen) atoms. The first-order chi connectivity index (χ1) is 13.7. The van der Waals surface area contributed by atoms with Crippen LogP contribution in [-0.2, 0) is 11.3 Å². The zero-order chi connectivity index (χ0) is 19.6. The number of unbranched alkanes of at least 4 members (excludes halogenated alkanes) is 1. The van der Waals surface area contributed by atoms with E-state index in [2.05, 4.69) is 32.3 Å². The molecule has 2 N–H and O–H groups in total. The van der Waals surface area contributed by atoms with Crippen molar-refractivity contribution >= 4 is 11.8 Å². The van der Waals surface area contributed by atoms with E-state index in [9.17, 15) is 4.79 Å². The minimum absolute atomic E-state index is 0.108. The highest BCUT2D eigenvalue weighted by molar-refractivity contribution is 5.74. The predicted octanol–water partition coefficient (Wildman–Crippen LogP) is 2.37. The summed E-state index contributed by atoms with van der Waals surface area (Å²) in [6.45, 7) is 9.02. The Balaban J connectivity index is 1.33. The summed E-state index contributed by atoms with van der Waals surface area (Å²) >= 11 is 0. The molecule has 0 bridgehead atoms. The molecular formula is C21H35N5O2. The number of hydrogen-bond acceptors (Lipinski definition) is 5. The number of urea groups is 1. The molecule has 0 aromatic carbocycles. The molecule has 2 saturated heterocycles. The molecular weight excluding hydrogens is 354 g/mol. The van der Waals surface area contributed by atoms with Gasteiger partial charge in [-0.2, -0.15) is 0 Å². The van der Waals surface area contributed by atoms with Crippen molar-refractivity contribution in [2.75, 3.05) is 50.8 Å². The first-order valence-corrected chi connectivity index (χ1v) is 10.8. The Morgan fingerprint density at radius 3 is 2.89 bits per heavy atom. The molecule has 0 radical (unpaired) electrons. The molecule has 0 saturated carbocycles. The lowest BCUT2D eigenvalue weighted by Crippen LogP contribution is -2.39. The lowest BCUT2D eigenvalue weighted by molar-refractivity contribution is 0.122. The Morgan fingerprint density at radius 1 is 1.21 bits per heavy atom.